The van der Waals surface area contributed by atoms with Crippen LogP contribution in [0.3, 0.4) is 0 Å². The maximum absolute atomic E-state index is 6.82. The highest BCUT2D eigenvalue weighted by atomic mass is 16.5. The molecule has 2 aliphatic heterocycles. The number of aromatic nitrogens is 3. The number of hydrogen-bond donors (Lipinski definition) is 0. The molecule has 3 aromatic heterocycles. The van der Waals surface area contributed by atoms with Crippen LogP contribution in [0.2, 0.25) is 0 Å². The summed E-state index contributed by atoms with van der Waals surface area (Å²) in [5.41, 5.74) is 10.9. The van der Waals surface area contributed by atoms with Crippen LogP contribution in [0.15, 0.2) is 170 Å². The molecular weight excluding hydrogens is 697 g/mol. The molecule has 0 atom stereocenters. The molecule has 0 saturated carbocycles. The third kappa shape index (κ3) is 4.85. The molecule has 274 valence electrons. The summed E-state index contributed by atoms with van der Waals surface area (Å²) in [4.78, 5) is 15.2. The van der Waals surface area contributed by atoms with E-state index >= 15 is 0 Å². The van der Waals surface area contributed by atoms with E-state index in [-0.39, 0.29) is 17.8 Å². The van der Waals surface area contributed by atoms with Crippen LogP contribution in [0, 0.1) is 0 Å². The van der Waals surface area contributed by atoms with Crippen molar-refractivity contribution in [3.05, 3.63) is 181 Å². The minimum Gasteiger partial charge on any atom is -0.457 e. The molecule has 0 unspecified atom stereocenters. The molecule has 0 aliphatic carbocycles. The van der Waals surface area contributed by atoms with Crippen molar-refractivity contribution in [2.24, 2.45) is 0 Å². The number of ether oxygens (including phenoxy) is 1. The second kappa shape index (κ2) is 12.3. The Balaban J connectivity index is 1.06. The van der Waals surface area contributed by atoms with Crippen molar-refractivity contribution in [1.29, 1.82) is 0 Å². The summed E-state index contributed by atoms with van der Waals surface area (Å²) in [6, 6.07) is 57.6. The van der Waals surface area contributed by atoms with Gasteiger partial charge in [-0.15, -0.1) is 0 Å². The van der Waals surface area contributed by atoms with E-state index in [4.69, 9.17) is 14.7 Å². The lowest BCUT2D eigenvalue weighted by atomic mass is 9.60. The number of hydrogen-bond acceptors (Lipinski definition) is 5. The first-order valence-corrected chi connectivity index (χ1v) is 19.7. The molecule has 0 radical (unpaired) electrons. The zero-order valence-corrected chi connectivity index (χ0v) is 32.4. The van der Waals surface area contributed by atoms with Crippen LogP contribution in [0.4, 0.5) is 22.9 Å². The Morgan fingerprint density at radius 2 is 1.26 bits per heavy atom. The van der Waals surface area contributed by atoms with Crippen LogP contribution in [0.5, 0.6) is 11.5 Å². The predicted molar refractivity (Wildman–Crippen MR) is 235 cm³/mol. The zero-order chi connectivity index (χ0) is 38.5. The molecule has 7 heteroatoms. The number of benzene rings is 6. The monoisotopic (exact) mass is 737 g/mol. The van der Waals surface area contributed by atoms with Crippen molar-refractivity contribution >= 4 is 62.6 Å². The van der Waals surface area contributed by atoms with Crippen LogP contribution < -0.4 is 19.8 Å². The van der Waals surface area contributed by atoms with E-state index in [1.165, 1.54) is 27.5 Å². The zero-order valence-electron chi connectivity index (χ0n) is 32.4. The van der Waals surface area contributed by atoms with E-state index in [2.05, 4.69) is 193 Å². The maximum Gasteiger partial charge on any atom is 0.421 e. The van der Waals surface area contributed by atoms with Gasteiger partial charge in [0, 0.05) is 50.8 Å². The fourth-order valence-corrected chi connectivity index (χ4v) is 9.35. The number of para-hydroxylation sites is 2. The summed E-state index contributed by atoms with van der Waals surface area (Å²) in [5, 5.41) is 3.45. The van der Waals surface area contributed by atoms with E-state index in [1.807, 2.05) is 18.3 Å². The van der Waals surface area contributed by atoms with Gasteiger partial charge in [0.1, 0.15) is 23.0 Å². The molecule has 2 aliphatic rings. The summed E-state index contributed by atoms with van der Waals surface area (Å²) in [7, 11) is 0. The Morgan fingerprint density at radius 1 is 0.561 bits per heavy atom. The quantitative estimate of drug-likeness (QED) is 0.126. The van der Waals surface area contributed by atoms with Crippen molar-refractivity contribution in [2.75, 3.05) is 9.62 Å². The maximum atomic E-state index is 6.82. The van der Waals surface area contributed by atoms with E-state index in [0.29, 0.717) is 0 Å². The van der Waals surface area contributed by atoms with Crippen LogP contribution >= 0.6 is 0 Å². The summed E-state index contributed by atoms with van der Waals surface area (Å²) < 4.78 is 9.27. The van der Waals surface area contributed by atoms with Gasteiger partial charge < -0.3 is 14.4 Å². The Labute approximate surface area is 332 Å². The fourth-order valence-electron chi connectivity index (χ4n) is 9.35. The molecule has 57 heavy (non-hydrogen) atoms. The van der Waals surface area contributed by atoms with Gasteiger partial charge in [-0.3, -0.25) is 4.40 Å². The van der Waals surface area contributed by atoms with Gasteiger partial charge in [0.05, 0.1) is 22.6 Å². The molecular formula is C50H40BN5O. The first-order chi connectivity index (χ1) is 27.8. The van der Waals surface area contributed by atoms with Gasteiger partial charge in [0.2, 0.25) is 0 Å². The van der Waals surface area contributed by atoms with Crippen LogP contribution in [0.1, 0.15) is 39.0 Å². The molecule has 0 spiro atoms. The minimum atomic E-state index is -0.210. The second-order valence-corrected chi connectivity index (χ2v) is 16.3. The molecule has 9 aromatic rings. The molecule has 6 nitrogen and oxygen atoms in total. The molecule has 0 bridgehead atoms. The Morgan fingerprint density at radius 3 is 2.05 bits per heavy atom. The molecule has 5 heterocycles. The van der Waals surface area contributed by atoms with Gasteiger partial charge in [0.25, 0.3) is 0 Å². The van der Waals surface area contributed by atoms with Gasteiger partial charge in [-0.05, 0) is 71.0 Å². The number of imidazole rings is 1. The van der Waals surface area contributed by atoms with Crippen molar-refractivity contribution in [2.45, 2.75) is 38.5 Å². The molecule has 11 rings (SSSR count). The normalized spacial score (nSPS) is 15.2. The third-order valence-electron chi connectivity index (χ3n) is 12.7. The first kappa shape index (κ1) is 33.5. The van der Waals surface area contributed by atoms with Crippen LogP contribution in [-0.4, -0.2) is 21.4 Å². The molecule has 0 saturated heterocycles. The Bertz CT molecular complexity index is 3020. The summed E-state index contributed by atoms with van der Waals surface area (Å²) in [6.45, 7) is 9.34. The molecule has 0 amide bonds. The summed E-state index contributed by atoms with van der Waals surface area (Å²) >= 11 is 0. The number of rotatable bonds is 6. The summed E-state index contributed by atoms with van der Waals surface area (Å²) in [5.74, 6) is 2.39. The number of pyridine rings is 2. The standard InChI is InChI=1S/C50H40BN5O/c1-49(2)42-26-15-25-40-39-29-28-38(32-41(39)47-53-44(33-17-8-5-9-18-33)46(50(49,3)4)54(47)45(40)42)57-37-24-14-23-36(31-37)56-48-43(27-16-30-52-48)55(35-21-12-7-13-22-35)51(56)34-19-10-6-11-20-34/h5-32H,1-4H3. The largest absolute Gasteiger partial charge is 0.457 e. The first-order valence-electron chi connectivity index (χ1n) is 19.7. The fraction of sp³-hybridized carbons (Fsp3) is 0.120. The number of fused-ring (bicyclic) bond motifs is 4. The van der Waals surface area contributed by atoms with Crippen LogP contribution in [-0.2, 0) is 10.8 Å². The lowest BCUT2D eigenvalue weighted by molar-refractivity contribution is 0.289. The van der Waals surface area contributed by atoms with Crippen molar-refractivity contribution in [3.63, 3.8) is 0 Å². The van der Waals surface area contributed by atoms with E-state index in [0.717, 1.165) is 62.1 Å². The van der Waals surface area contributed by atoms with Gasteiger partial charge in [0.15, 0.2) is 0 Å². The third-order valence-corrected chi connectivity index (χ3v) is 12.7. The molecule has 6 aromatic carbocycles. The topological polar surface area (TPSA) is 45.9 Å². The molecule has 0 N–H and O–H groups in total. The van der Waals surface area contributed by atoms with Crippen molar-refractivity contribution < 1.29 is 4.74 Å². The lowest BCUT2D eigenvalue weighted by Crippen LogP contribution is -2.53. The van der Waals surface area contributed by atoms with Gasteiger partial charge >= 0.3 is 6.98 Å². The van der Waals surface area contributed by atoms with Gasteiger partial charge in [-0.1, -0.05) is 131 Å². The lowest BCUT2D eigenvalue weighted by Gasteiger charge is -2.46. The number of nitrogens with zero attached hydrogens (tertiary/aromatic N) is 5. The van der Waals surface area contributed by atoms with Gasteiger partial charge in [-0.2, -0.15) is 0 Å². The van der Waals surface area contributed by atoms with Crippen LogP contribution in [0.25, 0.3) is 38.6 Å². The van der Waals surface area contributed by atoms with Crippen molar-refractivity contribution in [3.8, 4) is 22.8 Å². The molecule has 0 fully saturated rings. The highest BCUT2D eigenvalue weighted by Gasteiger charge is 2.48. The van der Waals surface area contributed by atoms with E-state index in [1.54, 1.807) is 0 Å². The van der Waals surface area contributed by atoms with E-state index in [9.17, 15) is 0 Å². The Kier molecular flexibility index (Phi) is 7.24. The highest BCUT2D eigenvalue weighted by molar-refractivity contribution is 6.84. The second-order valence-electron chi connectivity index (χ2n) is 16.3. The smallest absolute Gasteiger partial charge is 0.421 e. The summed E-state index contributed by atoms with van der Waals surface area (Å²) in [6.07, 6.45) is 1.87. The van der Waals surface area contributed by atoms with E-state index < -0.39 is 0 Å². The highest BCUT2D eigenvalue weighted by Crippen LogP contribution is 2.54. The average Bonchev–Trinajstić information content (AvgIpc) is 3.83. The predicted octanol–water partition coefficient (Wildman–Crippen LogP) is 11.7. The van der Waals surface area contributed by atoms with Crippen molar-refractivity contribution in [1.82, 2.24) is 14.4 Å². The number of anilines is 4. The van der Waals surface area contributed by atoms with Gasteiger partial charge in [-0.25, -0.2) is 9.97 Å². The SMILES string of the molecule is CC1(C)c2cccc3c4ccc(Oc5cccc(N6B(c7ccccc7)N(c7ccccc7)c7cccnc76)c5)cc4c4nc(-c5ccccc5)c(n4c23)C1(C)C. The average molecular weight is 738 g/mol. The Hall–Kier alpha value is -6.86. The minimum absolute atomic E-state index is 0.135.